The maximum Gasteiger partial charge on any atom is 0.335 e. The van der Waals surface area contributed by atoms with E-state index < -0.39 is 24.0 Å². The number of ether oxygens (including phenoxy) is 1. The SMILES string of the molecule is C#C[C@H](COCc1cccc(C(=O)O)c1)NC(=O)[C@H](Cc1cccc(C)c1)NC(=O)c1cccc(Br)c1. The van der Waals surface area contributed by atoms with Crippen LogP contribution in [0, 0.1) is 19.3 Å². The van der Waals surface area contributed by atoms with Gasteiger partial charge in [0.15, 0.2) is 0 Å². The van der Waals surface area contributed by atoms with E-state index in [0.29, 0.717) is 11.1 Å². The molecule has 0 saturated heterocycles. The summed E-state index contributed by atoms with van der Waals surface area (Å²) in [6.45, 7) is 2.09. The van der Waals surface area contributed by atoms with Gasteiger partial charge in [-0.2, -0.15) is 0 Å². The molecule has 0 spiro atoms. The molecule has 3 N–H and O–H groups in total. The van der Waals surface area contributed by atoms with E-state index in [0.717, 1.165) is 15.6 Å². The number of carbonyl (C=O) groups excluding carboxylic acids is 2. The number of carbonyl (C=O) groups is 3. The maximum atomic E-state index is 13.2. The fourth-order valence-electron chi connectivity index (χ4n) is 3.65. The van der Waals surface area contributed by atoms with Gasteiger partial charge in [-0.05, 0) is 48.4 Å². The van der Waals surface area contributed by atoms with Crippen molar-refractivity contribution in [2.45, 2.75) is 32.0 Å². The quantitative estimate of drug-likeness (QED) is 0.305. The minimum absolute atomic E-state index is 0.0102. The number of halogens is 1. The van der Waals surface area contributed by atoms with Gasteiger partial charge >= 0.3 is 5.97 Å². The number of hydrogen-bond acceptors (Lipinski definition) is 4. The lowest BCUT2D eigenvalue weighted by Gasteiger charge is -2.21. The Morgan fingerprint density at radius 1 is 0.973 bits per heavy atom. The van der Waals surface area contributed by atoms with Crippen molar-refractivity contribution in [2.75, 3.05) is 6.61 Å². The zero-order valence-corrected chi connectivity index (χ0v) is 21.8. The summed E-state index contributed by atoms with van der Waals surface area (Å²) in [6, 6.07) is 19.3. The van der Waals surface area contributed by atoms with Crippen LogP contribution in [0.25, 0.3) is 0 Å². The zero-order chi connectivity index (χ0) is 26.8. The molecule has 7 nitrogen and oxygen atoms in total. The number of carboxylic acids is 1. The average Bonchev–Trinajstić information content (AvgIpc) is 2.87. The van der Waals surface area contributed by atoms with Gasteiger partial charge in [0.1, 0.15) is 12.1 Å². The molecule has 37 heavy (non-hydrogen) atoms. The van der Waals surface area contributed by atoms with Gasteiger partial charge in [0.25, 0.3) is 5.91 Å². The van der Waals surface area contributed by atoms with Crippen molar-refractivity contribution in [2.24, 2.45) is 0 Å². The summed E-state index contributed by atoms with van der Waals surface area (Å²) < 4.78 is 6.39. The normalized spacial score (nSPS) is 12.1. The molecule has 0 saturated carbocycles. The number of rotatable bonds is 11. The van der Waals surface area contributed by atoms with Crippen LogP contribution >= 0.6 is 15.9 Å². The van der Waals surface area contributed by atoms with E-state index in [4.69, 9.17) is 16.3 Å². The number of amides is 2. The molecule has 0 radical (unpaired) electrons. The van der Waals surface area contributed by atoms with Crippen molar-refractivity contribution in [3.05, 3.63) is 105 Å². The Morgan fingerprint density at radius 3 is 2.38 bits per heavy atom. The summed E-state index contributed by atoms with van der Waals surface area (Å²) in [4.78, 5) is 37.3. The number of terminal acetylenes is 1. The Bertz CT molecular complexity index is 1320. The second-order valence-electron chi connectivity index (χ2n) is 8.48. The molecule has 3 aromatic carbocycles. The van der Waals surface area contributed by atoms with Gasteiger partial charge in [0, 0.05) is 16.5 Å². The Hall–Kier alpha value is -3.93. The standard InChI is InChI=1S/C29H27BrN2O5/c1-3-25(18-37-17-21-9-5-11-23(14-21)29(35)36)31-28(34)26(15-20-8-4-7-19(2)13-20)32-27(33)22-10-6-12-24(30)16-22/h1,4-14,16,25-26H,15,17-18H2,2H3,(H,31,34)(H,32,33)(H,35,36)/t25-,26+/m1/s1. The van der Waals surface area contributed by atoms with Gasteiger partial charge in [-0.3, -0.25) is 9.59 Å². The second-order valence-corrected chi connectivity index (χ2v) is 9.39. The molecule has 2 amide bonds. The summed E-state index contributed by atoms with van der Waals surface area (Å²) >= 11 is 3.36. The number of aryl methyl sites for hydroxylation is 1. The topological polar surface area (TPSA) is 105 Å². The fourth-order valence-corrected chi connectivity index (χ4v) is 4.05. The van der Waals surface area contributed by atoms with E-state index in [9.17, 15) is 14.4 Å². The van der Waals surface area contributed by atoms with Crippen LogP contribution in [0.2, 0.25) is 0 Å². The highest BCUT2D eigenvalue weighted by Gasteiger charge is 2.24. The van der Waals surface area contributed by atoms with Crippen LogP contribution in [0.15, 0.2) is 77.3 Å². The molecule has 190 valence electrons. The van der Waals surface area contributed by atoms with Crippen LogP contribution in [0.3, 0.4) is 0 Å². The highest BCUT2D eigenvalue weighted by molar-refractivity contribution is 9.10. The predicted molar refractivity (Wildman–Crippen MR) is 144 cm³/mol. The molecular weight excluding hydrogens is 536 g/mol. The molecule has 0 heterocycles. The first-order valence-electron chi connectivity index (χ1n) is 11.5. The fraction of sp³-hybridized carbons (Fsp3) is 0.207. The Balaban J connectivity index is 1.67. The monoisotopic (exact) mass is 562 g/mol. The van der Waals surface area contributed by atoms with Crippen molar-refractivity contribution in [3.8, 4) is 12.3 Å². The van der Waals surface area contributed by atoms with Crippen molar-refractivity contribution < 1.29 is 24.2 Å². The number of hydrogen-bond donors (Lipinski definition) is 3. The van der Waals surface area contributed by atoms with E-state index in [2.05, 4.69) is 32.5 Å². The van der Waals surface area contributed by atoms with Crippen LogP contribution in [0.1, 0.15) is 37.4 Å². The van der Waals surface area contributed by atoms with E-state index in [-0.39, 0.29) is 31.1 Å². The van der Waals surface area contributed by atoms with Gasteiger partial charge in [-0.15, -0.1) is 6.42 Å². The lowest BCUT2D eigenvalue weighted by Crippen LogP contribution is -2.51. The first-order chi connectivity index (χ1) is 17.7. The van der Waals surface area contributed by atoms with E-state index in [1.54, 1.807) is 30.3 Å². The van der Waals surface area contributed by atoms with E-state index >= 15 is 0 Å². The minimum Gasteiger partial charge on any atom is -0.478 e. The van der Waals surface area contributed by atoms with Gasteiger partial charge in [0.05, 0.1) is 18.8 Å². The summed E-state index contributed by atoms with van der Waals surface area (Å²) in [7, 11) is 0. The summed E-state index contributed by atoms with van der Waals surface area (Å²) in [5.41, 5.74) is 3.17. The molecule has 0 aliphatic rings. The van der Waals surface area contributed by atoms with Crippen molar-refractivity contribution in [1.29, 1.82) is 0 Å². The highest BCUT2D eigenvalue weighted by Crippen LogP contribution is 2.13. The Labute approximate surface area is 224 Å². The molecule has 8 heteroatoms. The first-order valence-corrected chi connectivity index (χ1v) is 12.3. The number of benzene rings is 3. The largest absolute Gasteiger partial charge is 0.478 e. The first kappa shape index (κ1) is 27.7. The predicted octanol–water partition coefficient (Wildman–Crippen LogP) is 4.13. The zero-order valence-electron chi connectivity index (χ0n) is 20.2. The van der Waals surface area contributed by atoms with Gasteiger partial charge < -0.3 is 20.5 Å². The summed E-state index contributed by atoms with van der Waals surface area (Å²) in [5, 5.41) is 14.7. The number of nitrogens with one attached hydrogen (secondary N) is 2. The van der Waals surface area contributed by atoms with E-state index in [1.165, 1.54) is 12.1 Å². The Kier molecular flexibility index (Phi) is 10.0. The lowest BCUT2D eigenvalue weighted by atomic mass is 10.0. The smallest absolute Gasteiger partial charge is 0.335 e. The molecule has 2 atom stereocenters. The number of carboxylic acid groups (broad SMARTS) is 1. The van der Waals surface area contributed by atoms with Gasteiger partial charge in [-0.25, -0.2) is 4.79 Å². The van der Waals surface area contributed by atoms with Crippen LogP contribution in [-0.2, 0) is 22.6 Å². The molecule has 0 unspecified atom stereocenters. The van der Waals surface area contributed by atoms with Gasteiger partial charge in [0.2, 0.25) is 5.91 Å². The average molecular weight is 563 g/mol. The Morgan fingerprint density at radius 2 is 1.68 bits per heavy atom. The van der Waals surface area contributed by atoms with E-state index in [1.807, 2.05) is 37.3 Å². The van der Waals surface area contributed by atoms with Crippen LogP contribution in [0.5, 0.6) is 0 Å². The summed E-state index contributed by atoms with van der Waals surface area (Å²) in [5.74, 6) is 0.643. The molecule has 0 aliphatic carbocycles. The van der Waals surface area contributed by atoms with Crippen LogP contribution in [-0.4, -0.2) is 41.6 Å². The van der Waals surface area contributed by atoms with Crippen molar-refractivity contribution in [3.63, 3.8) is 0 Å². The molecule has 0 bridgehead atoms. The number of aromatic carboxylic acids is 1. The van der Waals surface area contributed by atoms with Gasteiger partial charge in [-0.1, -0.05) is 69.9 Å². The molecular formula is C29H27BrN2O5. The lowest BCUT2D eigenvalue weighted by molar-refractivity contribution is -0.123. The molecule has 3 aromatic rings. The van der Waals surface area contributed by atoms with Crippen molar-refractivity contribution >= 4 is 33.7 Å². The maximum absolute atomic E-state index is 13.2. The van der Waals surface area contributed by atoms with Crippen LogP contribution < -0.4 is 10.6 Å². The van der Waals surface area contributed by atoms with Crippen molar-refractivity contribution in [1.82, 2.24) is 10.6 Å². The third-order valence-corrected chi connectivity index (χ3v) is 5.97. The molecule has 3 rings (SSSR count). The third kappa shape index (κ3) is 8.60. The molecule has 0 fully saturated rings. The minimum atomic E-state index is -1.03. The molecule has 0 aromatic heterocycles. The third-order valence-electron chi connectivity index (χ3n) is 5.48. The van der Waals surface area contributed by atoms with Crippen LogP contribution in [0.4, 0.5) is 0 Å². The highest BCUT2D eigenvalue weighted by atomic mass is 79.9. The second kappa shape index (κ2) is 13.4. The molecule has 0 aliphatic heterocycles. The summed E-state index contributed by atoms with van der Waals surface area (Å²) in [6.07, 6.45) is 5.90.